The first-order chi connectivity index (χ1) is 14.3. The van der Waals surface area contributed by atoms with Gasteiger partial charge in [-0.05, 0) is 23.3 Å². The summed E-state index contributed by atoms with van der Waals surface area (Å²) in [5.74, 6) is 0. The van der Waals surface area contributed by atoms with Gasteiger partial charge in [-0.15, -0.1) is 0 Å². The molecule has 0 amide bonds. The molecule has 1 aromatic heterocycles. The van der Waals surface area contributed by atoms with E-state index in [-0.39, 0.29) is 0 Å². The SMILES string of the molecule is Cn1cc(C2=CC(c3ccccc3)=NN=C(c3ccccc3)C2)c2ccccc21. The number of nitrogens with zero attached hydrogens (tertiary/aromatic N) is 3. The van der Waals surface area contributed by atoms with E-state index >= 15 is 0 Å². The van der Waals surface area contributed by atoms with Crippen LogP contribution in [0.15, 0.2) is 107 Å². The van der Waals surface area contributed by atoms with Crippen LogP contribution in [0.25, 0.3) is 16.5 Å². The average molecular weight is 375 g/mol. The number of fused-ring (bicyclic) bond motifs is 1. The highest BCUT2D eigenvalue weighted by atomic mass is 15.2. The van der Waals surface area contributed by atoms with Crippen LogP contribution in [0.4, 0.5) is 0 Å². The van der Waals surface area contributed by atoms with Gasteiger partial charge in [-0.3, -0.25) is 0 Å². The predicted octanol–water partition coefficient (Wildman–Crippen LogP) is 5.86. The van der Waals surface area contributed by atoms with E-state index in [4.69, 9.17) is 0 Å². The topological polar surface area (TPSA) is 29.6 Å². The molecule has 0 radical (unpaired) electrons. The summed E-state index contributed by atoms with van der Waals surface area (Å²) >= 11 is 0. The smallest absolute Gasteiger partial charge is 0.0932 e. The van der Waals surface area contributed by atoms with Crippen LogP contribution < -0.4 is 0 Å². The van der Waals surface area contributed by atoms with Gasteiger partial charge in [0.2, 0.25) is 0 Å². The molecule has 0 unspecified atom stereocenters. The molecule has 0 N–H and O–H groups in total. The average Bonchev–Trinajstić information content (AvgIpc) is 2.97. The maximum atomic E-state index is 4.66. The second kappa shape index (κ2) is 7.36. The summed E-state index contributed by atoms with van der Waals surface area (Å²) in [7, 11) is 2.10. The monoisotopic (exact) mass is 375 g/mol. The van der Waals surface area contributed by atoms with E-state index in [0.717, 1.165) is 29.0 Å². The Morgan fingerprint density at radius 2 is 1.38 bits per heavy atom. The molecule has 0 spiro atoms. The highest BCUT2D eigenvalue weighted by molar-refractivity contribution is 6.18. The third-order valence-electron chi connectivity index (χ3n) is 5.37. The van der Waals surface area contributed by atoms with Crippen LogP contribution in [-0.2, 0) is 7.05 Å². The van der Waals surface area contributed by atoms with Crippen LogP contribution in [0, 0.1) is 0 Å². The lowest BCUT2D eigenvalue weighted by atomic mass is 9.94. The molecule has 4 aromatic rings. The van der Waals surface area contributed by atoms with Gasteiger partial charge in [-0.1, -0.05) is 78.9 Å². The van der Waals surface area contributed by atoms with Crippen molar-refractivity contribution >= 4 is 27.9 Å². The van der Waals surface area contributed by atoms with E-state index in [1.165, 1.54) is 22.0 Å². The molecule has 0 fully saturated rings. The first-order valence-corrected chi connectivity index (χ1v) is 9.80. The summed E-state index contributed by atoms with van der Waals surface area (Å²) in [6, 6.07) is 29.1. The molecule has 0 bridgehead atoms. The molecule has 0 saturated heterocycles. The second-order valence-corrected chi connectivity index (χ2v) is 7.28. The maximum absolute atomic E-state index is 4.66. The first kappa shape index (κ1) is 17.4. The van der Waals surface area contributed by atoms with E-state index in [9.17, 15) is 0 Å². The second-order valence-electron chi connectivity index (χ2n) is 7.28. The summed E-state index contributed by atoms with van der Waals surface area (Å²) in [5.41, 5.74) is 7.74. The fraction of sp³-hybridized carbons (Fsp3) is 0.0769. The van der Waals surface area contributed by atoms with Crippen molar-refractivity contribution in [3.63, 3.8) is 0 Å². The number of hydrogen-bond acceptors (Lipinski definition) is 2. The maximum Gasteiger partial charge on any atom is 0.0932 e. The third kappa shape index (κ3) is 3.32. The van der Waals surface area contributed by atoms with Crippen LogP contribution in [0.5, 0.6) is 0 Å². The van der Waals surface area contributed by atoms with E-state index < -0.39 is 0 Å². The van der Waals surface area contributed by atoms with Gasteiger partial charge >= 0.3 is 0 Å². The van der Waals surface area contributed by atoms with Gasteiger partial charge in [0, 0.05) is 41.7 Å². The van der Waals surface area contributed by atoms with Gasteiger partial charge in [-0.2, -0.15) is 10.2 Å². The molecular formula is C26H21N3. The molecule has 1 aliphatic rings. The molecule has 5 rings (SSSR count). The lowest BCUT2D eigenvalue weighted by Gasteiger charge is -2.08. The lowest BCUT2D eigenvalue weighted by Crippen LogP contribution is -2.01. The minimum Gasteiger partial charge on any atom is -0.350 e. The molecular weight excluding hydrogens is 354 g/mol. The Morgan fingerprint density at radius 1 is 0.724 bits per heavy atom. The predicted molar refractivity (Wildman–Crippen MR) is 121 cm³/mol. The number of para-hydroxylation sites is 1. The molecule has 2 heterocycles. The van der Waals surface area contributed by atoms with E-state index in [1.54, 1.807) is 0 Å². The van der Waals surface area contributed by atoms with Gasteiger partial charge in [0.05, 0.1) is 11.4 Å². The highest BCUT2D eigenvalue weighted by Crippen LogP contribution is 2.31. The van der Waals surface area contributed by atoms with Crippen LogP contribution in [0.1, 0.15) is 23.1 Å². The van der Waals surface area contributed by atoms with Crippen LogP contribution in [0.3, 0.4) is 0 Å². The summed E-state index contributed by atoms with van der Waals surface area (Å²) < 4.78 is 2.19. The van der Waals surface area contributed by atoms with Gasteiger partial charge < -0.3 is 4.57 Å². The Morgan fingerprint density at radius 3 is 2.14 bits per heavy atom. The minimum atomic E-state index is 0.734. The summed E-state index contributed by atoms with van der Waals surface area (Å²) in [4.78, 5) is 0. The number of aryl methyl sites for hydroxylation is 1. The number of rotatable bonds is 3. The molecule has 3 nitrogen and oxygen atoms in total. The van der Waals surface area contributed by atoms with E-state index in [1.807, 2.05) is 36.4 Å². The molecule has 0 saturated carbocycles. The standard InChI is InChI=1S/C26H21N3/c1-29-18-23(22-14-8-9-15-26(22)29)21-16-24(19-10-4-2-5-11-19)27-28-25(17-21)20-12-6-3-7-13-20/h2-16,18H,17H2,1H3. The Kier molecular flexibility index (Phi) is 4.41. The molecule has 140 valence electrons. The van der Waals surface area contributed by atoms with Crippen molar-refractivity contribution in [3.05, 3.63) is 114 Å². The summed E-state index contributed by atoms with van der Waals surface area (Å²) in [6.07, 6.45) is 5.14. The molecule has 3 aromatic carbocycles. The van der Waals surface area contributed by atoms with Gasteiger partial charge in [0.1, 0.15) is 0 Å². The molecule has 0 atom stereocenters. The third-order valence-corrected chi connectivity index (χ3v) is 5.37. The molecule has 0 aliphatic carbocycles. The molecule has 3 heteroatoms. The zero-order valence-electron chi connectivity index (χ0n) is 16.3. The number of allylic oxidation sites excluding steroid dienone is 2. The zero-order valence-corrected chi connectivity index (χ0v) is 16.3. The van der Waals surface area contributed by atoms with Crippen LogP contribution >= 0.6 is 0 Å². The summed E-state index contributed by atoms with van der Waals surface area (Å²) in [5, 5.41) is 10.5. The van der Waals surface area contributed by atoms with Crippen molar-refractivity contribution in [1.29, 1.82) is 0 Å². The highest BCUT2D eigenvalue weighted by Gasteiger charge is 2.18. The Hall–Kier alpha value is -3.72. The zero-order chi connectivity index (χ0) is 19.6. The van der Waals surface area contributed by atoms with Gasteiger partial charge in [-0.25, -0.2) is 0 Å². The largest absolute Gasteiger partial charge is 0.350 e. The van der Waals surface area contributed by atoms with E-state index in [2.05, 4.69) is 82.6 Å². The van der Waals surface area contributed by atoms with Crippen molar-refractivity contribution in [3.8, 4) is 0 Å². The fourth-order valence-electron chi connectivity index (χ4n) is 3.89. The number of hydrogen-bond donors (Lipinski definition) is 0. The van der Waals surface area contributed by atoms with Crippen molar-refractivity contribution < 1.29 is 0 Å². The van der Waals surface area contributed by atoms with Crippen LogP contribution in [-0.4, -0.2) is 16.0 Å². The lowest BCUT2D eigenvalue weighted by molar-refractivity contribution is 0.967. The Bertz CT molecular complexity index is 1260. The Balaban J connectivity index is 1.69. The van der Waals surface area contributed by atoms with Crippen LogP contribution in [0.2, 0.25) is 0 Å². The molecule has 29 heavy (non-hydrogen) atoms. The Labute approximate surface area is 170 Å². The van der Waals surface area contributed by atoms with Crippen molar-refractivity contribution in [2.24, 2.45) is 17.3 Å². The molecule has 1 aliphatic heterocycles. The summed E-state index contributed by atoms with van der Waals surface area (Å²) in [6.45, 7) is 0. The number of benzene rings is 3. The van der Waals surface area contributed by atoms with Gasteiger partial charge in [0.25, 0.3) is 0 Å². The van der Waals surface area contributed by atoms with Gasteiger partial charge in [0.15, 0.2) is 0 Å². The first-order valence-electron chi connectivity index (χ1n) is 9.80. The quantitative estimate of drug-likeness (QED) is 0.429. The van der Waals surface area contributed by atoms with Crippen molar-refractivity contribution in [2.45, 2.75) is 6.42 Å². The van der Waals surface area contributed by atoms with E-state index in [0.29, 0.717) is 0 Å². The van der Waals surface area contributed by atoms with Crippen molar-refractivity contribution in [2.75, 3.05) is 0 Å². The fourth-order valence-corrected chi connectivity index (χ4v) is 3.89. The normalized spacial score (nSPS) is 14.2. The minimum absolute atomic E-state index is 0.734. The number of aromatic nitrogens is 1. The van der Waals surface area contributed by atoms with Crippen molar-refractivity contribution in [1.82, 2.24) is 4.57 Å².